The summed E-state index contributed by atoms with van der Waals surface area (Å²) < 4.78 is 0. The normalized spacial score (nSPS) is 17.7. The summed E-state index contributed by atoms with van der Waals surface area (Å²) >= 11 is 0. The van der Waals surface area contributed by atoms with E-state index < -0.39 is 5.91 Å². The first-order chi connectivity index (χ1) is 12.2. The summed E-state index contributed by atoms with van der Waals surface area (Å²) in [4.78, 5) is 13.4. The van der Waals surface area contributed by atoms with Crippen LogP contribution < -0.4 is 10.8 Å². The number of hydroxylamine groups is 1. The van der Waals surface area contributed by atoms with Crippen molar-refractivity contribution in [2.75, 3.05) is 18.4 Å². The molecule has 0 bridgehead atoms. The van der Waals surface area contributed by atoms with Gasteiger partial charge in [-0.2, -0.15) is 0 Å². The maximum atomic E-state index is 11.0. The molecule has 5 heteroatoms. The van der Waals surface area contributed by atoms with Crippen molar-refractivity contribution in [3.63, 3.8) is 0 Å². The Bertz CT molecular complexity index is 713. The molecule has 0 radical (unpaired) electrons. The predicted octanol–water partition coefficient (Wildman–Crippen LogP) is 2.89. The molecular weight excluding hydrogens is 314 g/mol. The Balaban J connectivity index is 1.50. The van der Waals surface area contributed by atoms with Crippen molar-refractivity contribution in [2.24, 2.45) is 0 Å². The van der Waals surface area contributed by atoms with Crippen LogP contribution in [0.1, 0.15) is 17.5 Å². The SMILES string of the molecule is O=C(C=Cc1ccc(N[C@@H]2CCN(Cc3ccccc3)C2)cc1)NO. The number of anilines is 1. The van der Waals surface area contributed by atoms with Crippen LogP contribution in [0.25, 0.3) is 6.08 Å². The molecule has 3 N–H and O–H groups in total. The van der Waals surface area contributed by atoms with Gasteiger partial charge >= 0.3 is 0 Å². The van der Waals surface area contributed by atoms with Crippen LogP contribution in [0.3, 0.4) is 0 Å². The molecule has 0 aliphatic carbocycles. The zero-order valence-corrected chi connectivity index (χ0v) is 14.1. The molecule has 1 saturated heterocycles. The van der Waals surface area contributed by atoms with E-state index in [1.165, 1.54) is 11.6 Å². The first kappa shape index (κ1) is 17.2. The number of rotatable bonds is 6. The first-order valence-electron chi connectivity index (χ1n) is 8.48. The van der Waals surface area contributed by atoms with Crippen molar-refractivity contribution in [2.45, 2.75) is 19.0 Å². The molecule has 5 nitrogen and oxygen atoms in total. The summed E-state index contributed by atoms with van der Waals surface area (Å²) in [5.74, 6) is -0.535. The van der Waals surface area contributed by atoms with Crippen molar-refractivity contribution in [3.8, 4) is 0 Å². The molecule has 2 aromatic carbocycles. The van der Waals surface area contributed by atoms with Gasteiger partial charge in [-0.1, -0.05) is 42.5 Å². The fourth-order valence-electron chi connectivity index (χ4n) is 3.07. The van der Waals surface area contributed by atoms with Crippen LogP contribution >= 0.6 is 0 Å². The van der Waals surface area contributed by atoms with Gasteiger partial charge in [-0.15, -0.1) is 0 Å². The number of hydrogen-bond acceptors (Lipinski definition) is 4. The third-order valence-electron chi connectivity index (χ3n) is 4.34. The van der Waals surface area contributed by atoms with E-state index in [0.29, 0.717) is 6.04 Å². The molecule has 3 rings (SSSR count). The van der Waals surface area contributed by atoms with E-state index >= 15 is 0 Å². The van der Waals surface area contributed by atoms with Crippen LogP contribution in [0.5, 0.6) is 0 Å². The van der Waals surface area contributed by atoms with Crippen molar-refractivity contribution >= 4 is 17.7 Å². The van der Waals surface area contributed by atoms with Crippen LogP contribution in [0.4, 0.5) is 5.69 Å². The minimum Gasteiger partial charge on any atom is -0.381 e. The van der Waals surface area contributed by atoms with Crippen LogP contribution in [-0.4, -0.2) is 35.1 Å². The number of carbonyl (C=O) groups excluding carboxylic acids is 1. The Hall–Kier alpha value is -2.63. The van der Waals surface area contributed by atoms with Gasteiger partial charge in [0.25, 0.3) is 5.91 Å². The van der Waals surface area contributed by atoms with Gasteiger partial charge in [-0.05, 0) is 35.8 Å². The lowest BCUT2D eigenvalue weighted by Gasteiger charge is -2.17. The minimum absolute atomic E-state index is 0.449. The van der Waals surface area contributed by atoms with E-state index in [1.807, 2.05) is 30.3 Å². The summed E-state index contributed by atoms with van der Waals surface area (Å²) in [7, 11) is 0. The monoisotopic (exact) mass is 337 g/mol. The second kappa shape index (κ2) is 8.46. The highest BCUT2D eigenvalue weighted by molar-refractivity contribution is 5.90. The maximum absolute atomic E-state index is 11.0. The van der Waals surface area contributed by atoms with E-state index in [-0.39, 0.29) is 0 Å². The van der Waals surface area contributed by atoms with E-state index in [4.69, 9.17) is 5.21 Å². The molecule has 25 heavy (non-hydrogen) atoms. The second-order valence-corrected chi connectivity index (χ2v) is 6.28. The molecule has 0 spiro atoms. The number of carbonyl (C=O) groups is 1. The van der Waals surface area contributed by atoms with E-state index in [2.05, 4.69) is 34.5 Å². The third kappa shape index (κ3) is 5.17. The minimum atomic E-state index is -0.535. The van der Waals surface area contributed by atoms with E-state index in [9.17, 15) is 4.79 Å². The number of nitrogens with zero attached hydrogens (tertiary/aromatic N) is 1. The van der Waals surface area contributed by atoms with Gasteiger partial charge in [0.05, 0.1) is 0 Å². The lowest BCUT2D eigenvalue weighted by Crippen LogP contribution is -2.25. The lowest BCUT2D eigenvalue weighted by atomic mass is 10.1. The molecular formula is C20H23N3O2. The Kier molecular flexibility index (Phi) is 5.82. The number of amides is 1. The molecule has 130 valence electrons. The van der Waals surface area contributed by atoms with Gasteiger partial charge in [0, 0.05) is 37.4 Å². The second-order valence-electron chi connectivity index (χ2n) is 6.28. The molecule has 1 amide bonds. The Labute approximate surface area is 147 Å². The lowest BCUT2D eigenvalue weighted by molar-refractivity contribution is -0.124. The van der Waals surface area contributed by atoms with Crippen molar-refractivity contribution in [3.05, 3.63) is 71.8 Å². The summed E-state index contributed by atoms with van der Waals surface area (Å²) in [6, 6.07) is 18.9. The number of likely N-dealkylation sites (tertiary alicyclic amines) is 1. The zero-order chi connectivity index (χ0) is 17.5. The number of benzene rings is 2. The van der Waals surface area contributed by atoms with Crippen molar-refractivity contribution in [1.29, 1.82) is 0 Å². The number of nitrogens with one attached hydrogen (secondary N) is 2. The highest BCUT2D eigenvalue weighted by atomic mass is 16.5. The van der Waals surface area contributed by atoms with Crippen LogP contribution in [0.15, 0.2) is 60.7 Å². The fourth-order valence-corrected chi connectivity index (χ4v) is 3.07. The predicted molar refractivity (Wildman–Crippen MR) is 99.2 cm³/mol. The topological polar surface area (TPSA) is 64.6 Å². The van der Waals surface area contributed by atoms with Crippen LogP contribution in [0, 0.1) is 0 Å². The molecule has 0 saturated carbocycles. The quantitative estimate of drug-likeness (QED) is 0.431. The van der Waals surface area contributed by atoms with Gasteiger partial charge in [0.2, 0.25) is 0 Å². The highest BCUT2D eigenvalue weighted by Crippen LogP contribution is 2.18. The molecule has 1 aliphatic rings. The fraction of sp³-hybridized carbons (Fsp3) is 0.250. The first-order valence-corrected chi connectivity index (χ1v) is 8.48. The largest absolute Gasteiger partial charge is 0.381 e. The van der Waals surface area contributed by atoms with Gasteiger partial charge < -0.3 is 5.32 Å². The van der Waals surface area contributed by atoms with E-state index in [0.717, 1.165) is 37.3 Å². The molecule has 1 aliphatic heterocycles. The Morgan fingerprint density at radius 1 is 1.16 bits per heavy atom. The summed E-state index contributed by atoms with van der Waals surface area (Å²) in [5, 5.41) is 12.0. The molecule has 2 aromatic rings. The van der Waals surface area contributed by atoms with Gasteiger partial charge in [-0.25, -0.2) is 5.48 Å². The van der Waals surface area contributed by atoms with E-state index in [1.54, 1.807) is 11.6 Å². The smallest absolute Gasteiger partial charge is 0.267 e. The molecule has 0 unspecified atom stereocenters. The Morgan fingerprint density at radius 2 is 1.92 bits per heavy atom. The van der Waals surface area contributed by atoms with Crippen molar-refractivity contribution < 1.29 is 10.0 Å². The van der Waals surface area contributed by atoms with Crippen molar-refractivity contribution in [1.82, 2.24) is 10.4 Å². The molecule has 1 heterocycles. The average molecular weight is 337 g/mol. The molecule has 1 atom stereocenters. The van der Waals surface area contributed by atoms with Crippen LogP contribution in [-0.2, 0) is 11.3 Å². The standard InChI is InChI=1S/C20H23N3O2/c24-20(22-25)11-8-16-6-9-18(10-7-16)21-19-12-13-23(15-19)14-17-4-2-1-3-5-17/h1-11,19,21,25H,12-15H2,(H,22,24)/t19-/m1/s1. The molecule has 1 fully saturated rings. The number of hydrogen-bond donors (Lipinski definition) is 3. The summed E-state index contributed by atoms with van der Waals surface area (Å²) in [5.41, 5.74) is 4.91. The summed E-state index contributed by atoms with van der Waals surface area (Å²) in [6.45, 7) is 3.13. The maximum Gasteiger partial charge on any atom is 0.267 e. The average Bonchev–Trinajstić information content (AvgIpc) is 3.08. The van der Waals surface area contributed by atoms with Crippen LogP contribution in [0.2, 0.25) is 0 Å². The van der Waals surface area contributed by atoms with Gasteiger partial charge in [-0.3, -0.25) is 14.9 Å². The molecule has 0 aromatic heterocycles. The zero-order valence-electron chi connectivity index (χ0n) is 14.1. The van der Waals surface area contributed by atoms with Gasteiger partial charge in [0.15, 0.2) is 0 Å². The highest BCUT2D eigenvalue weighted by Gasteiger charge is 2.22. The third-order valence-corrected chi connectivity index (χ3v) is 4.34. The Morgan fingerprint density at radius 3 is 2.64 bits per heavy atom. The van der Waals surface area contributed by atoms with Gasteiger partial charge in [0.1, 0.15) is 0 Å². The summed E-state index contributed by atoms with van der Waals surface area (Å²) in [6.07, 6.45) is 4.08.